The van der Waals surface area contributed by atoms with Gasteiger partial charge in [0.25, 0.3) is 5.91 Å². The van der Waals surface area contributed by atoms with Gasteiger partial charge in [0.2, 0.25) is 5.91 Å². The molecule has 3 aliphatic rings. The van der Waals surface area contributed by atoms with Crippen LogP contribution in [0.25, 0.3) is 10.9 Å². The second-order valence-corrected chi connectivity index (χ2v) is 10.0. The quantitative estimate of drug-likeness (QED) is 0.597. The zero-order valence-electron chi connectivity index (χ0n) is 20.8. The van der Waals surface area contributed by atoms with Crippen LogP contribution in [0.15, 0.2) is 48.5 Å². The lowest BCUT2D eigenvalue weighted by molar-refractivity contribution is -0.166. The first kappa shape index (κ1) is 23.1. The van der Waals surface area contributed by atoms with E-state index in [1.54, 1.807) is 16.9 Å². The number of hydrogen-bond donors (Lipinski definition) is 1. The summed E-state index contributed by atoms with van der Waals surface area (Å²) in [6.45, 7) is 6.89. The summed E-state index contributed by atoms with van der Waals surface area (Å²) in [6, 6.07) is 16.2. The number of ether oxygens (including phenoxy) is 2. The van der Waals surface area contributed by atoms with Crippen molar-refractivity contribution in [2.75, 3.05) is 59.6 Å². The minimum absolute atomic E-state index is 0.0121. The average molecular weight is 489 g/mol. The van der Waals surface area contributed by atoms with Crippen LogP contribution in [-0.4, -0.2) is 91.1 Å². The van der Waals surface area contributed by atoms with Crippen LogP contribution in [-0.2, 0) is 19.9 Å². The number of methoxy groups -OCH3 is 1. The van der Waals surface area contributed by atoms with E-state index in [0.29, 0.717) is 26.3 Å². The maximum Gasteiger partial charge on any atom is 0.254 e. The summed E-state index contributed by atoms with van der Waals surface area (Å²) in [5, 5.41) is 1.10. The number of aromatic amines is 1. The lowest BCUT2D eigenvalue weighted by atomic mass is 9.76. The molecular formula is C28H32N4O4. The molecule has 3 aromatic rings. The third kappa shape index (κ3) is 3.59. The summed E-state index contributed by atoms with van der Waals surface area (Å²) in [5.74, 6) is 0.712. The fraction of sp³-hybridized carbons (Fsp3) is 0.429. The molecule has 4 heterocycles. The van der Waals surface area contributed by atoms with E-state index in [1.807, 2.05) is 37.3 Å². The second-order valence-electron chi connectivity index (χ2n) is 10.0. The van der Waals surface area contributed by atoms with E-state index >= 15 is 0 Å². The summed E-state index contributed by atoms with van der Waals surface area (Å²) in [5.41, 5.74) is 2.93. The summed E-state index contributed by atoms with van der Waals surface area (Å²) >= 11 is 0. The summed E-state index contributed by atoms with van der Waals surface area (Å²) in [4.78, 5) is 37.1. The lowest BCUT2D eigenvalue weighted by Gasteiger charge is -2.51. The predicted octanol–water partition coefficient (Wildman–Crippen LogP) is 2.54. The molecule has 8 nitrogen and oxygen atoms in total. The number of morpholine rings is 1. The molecule has 0 bridgehead atoms. The maximum absolute atomic E-state index is 14.1. The second kappa shape index (κ2) is 8.94. The Morgan fingerprint density at radius 2 is 1.81 bits per heavy atom. The van der Waals surface area contributed by atoms with Crippen LogP contribution in [0.4, 0.5) is 0 Å². The molecular weight excluding hydrogens is 456 g/mol. The van der Waals surface area contributed by atoms with Crippen molar-refractivity contribution < 1.29 is 19.1 Å². The molecule has 2 amide bonds. The van der Waals surface area contributed by atoms with Crippen LogP contribution >= 0.6 is 0 Å². The summed E-state index contributed by atoms with van der Waals surface area (Å²) < 4.78 is 10.8. The van der Waals surface area contributed by atoms with Crippen LogP contribution in [0.3, 0.4) is 0 Å². The highest BCUT2D eigenvalue weighted by Crippen LogP contribution is 2.48. The average Bonchev–Trinajstić information content (AvgIpc) is 3.32. The topological polar surface area (TPSA) is 78.1 Å². The SMILES string of the molecule is COc1ccc([C@H]2CN3C(=O)CN(CCN4CCOCC4)C(=O)[C@]3(C)c3[nH]c4ccccc4c32)cc1. The van der Waals surface area contributed by atoms with E-state index in [-0.39, 0.29) is 24.3 Å². The first-order chi connectivity index (χ1) is 17.5. The molecule has 2 aromatic carbocycles. The number of piperazine rings is 1. The number of aromatic nitrogens is 1. The highest BCUT2D eigenvalue weighted by molar-refractivity contribution is 6.01. The first-order valence-electron chi connectivity index (χ1n) is 12.7. The number of nitrogens with zero attached hydrogens (tertiary/aromatic N) is 3. The van der Waals surface area contributed by atoms with Crippen molar-refractivity contribution in [1.29, 1.82) is 0 Å². The van der Waals surface area contributed by atoms with E-state index < -0.39 is 5.54 Å². The molecule has 3 aliphatic heterocycles. The molecule has 2 fully saturated rings. The van der Waals surface area contributed by atoms with Crippen LogP contribution in [0.5, 0.6) is 5.75 Å². The third-order valence-electron chi connectivity index (χ3n) is 8.13. The monoisotopic (exact) mass is 488 g/mol. The Hall–Kier alpha value is -3.36. The van der Waals surface area contributed by atoms with Gasteiger partial charge in [-0.3, -0.25) is 14.5 Å². The molecule has 0 aliphatic carbocycles. The minimum atomic E-state index is -1.07. The van der Waals surface area contributed by atoms with Crippen molar-refractivity contribution in [1.82, 2.24) is 19.7 Å². The lowest BCUT2D eigenvalue weighted by Crippen LogP contribution is -2.68. The van der Waals surface area contributed by atoms with Gasteiger partial charge in [0, 0.05) is 49.5 Å². The molecule has 1 aromatic heterocycles. The Labute approximate surface area is 210 Å². The highest BCUT2D eigenvalue weighted by atomic mass is 16.5. The van der Waals surface area contributed by atoms with Gasteiger partial charge in [0.05, 0.1) is 32.6 Å². The van der Waals surface area contributed by atoms with Gasteiger partial charge in [-0.15, -0.1) is 0 Å². The number of nitrogens with one attached hydrogen (secondary N) is 1. The van der Waals surface area contributed by atoms with Crippen molar-refractivity contribution in [3.05, 3.63) is 65.4 Å². The zero-order valence-corrected chi connectivity index (χ0v) is 20.8. The molecule has 0 spiro atoms. The zero-order chi connectivity index (χ0) is 24.9. The molecule has 0 saturated carbocycles. The van der Waals surface area contributed by atoms with Crippen LogP contribution in [0.2, 0.25) is 0 Å². The smallest absolute Gasteiger partial charge is 0.254 e. The Morgan fingerprint density at radius 3 is 2.56 bits per heavy atom. The van der Waals surface area contributed by atoms with Crippen molar-refractivity contribution in [3.63, 3.8) is 0 Å². The van der Waals surface area contributed by atoms with Crippen molar-refractivity contribution in [2.24, 2.45) is 0 Å². The number of H-pyrrole nitrogens is 1. The molecule has 188 valence electrons. The first-order valence-corrected chi connectivity index (χ1v) is 12.7. The minimum Gasteiger partial charge on any atom is -0.497 e. The normalized spacial score (nSPS) is 24.7. The predicted molar refractivity (Wildman–Crippen MR) is 136 cm³/mol. The number of para-hydroxylation sites is 1. The Morgan fingerprint density at radius 1 is 1.06 bits per heavy atom. The number of rotatable bonds is 5. The fourth-order valence-electron chi connectivity index (χ4n) is 6.08. The van der Waals surface area contributed by atoms with Crippen LogP contribution < -0.4 is 4.74 Å². The molecule has 36 heavy (non-hydrogen) atoms. The van der Waals surface area contributed by atoms with Gasteiger partial charge in [-0.05, 0) is 36.2 Å². The molecule has 2 saturated heterocycles. The number of carbonyl (C=O) groups is 2. The van der Waals surface area contributed by atoms with Gasteiger partial charge < -0.3 is 24.3 Å². The van der Waals surface area contributed by atoms with Crippen molar-refractivity contribution >= 4 is 22.7 Å². The fourth-order valence-corrected chi connectivity index (χ4v) is 6.08. The van der Waals surface area contributed by atoms with Gasteiger partial charge in [0.15, 0.2) is 5.54 Å². The van der Waals surface area contributed by atoms with E-state index in [1.165, 1.54) is 0 Å². The molecule has 2 atom stereocenters. The molecule has 6 rings (SSSR count). The largest absolute Gasteiger partial charge is 0.497 e. The van der Waals surface area contributed by atoms with Gasteiger partial charge in [-0.25, -0.2) is 0 Å². The van der Waals surface area contributed by atoms with E-state index in [9.17, 15) is 9.59 Å². The Bertz CT molecular complexity index is 1300. The van der Waals surface area contributed by atoms with Gasteiger partial charge in [-0.2, -0.15) is 0 Å². The summed E-state index contributed by atoms with van der Waals surface area (Å²) in [6.07, 6.45) is 0. The van der Waals surface area contributed by atoms with E-state index in [2.05, 4.69) is 28.1 Å². The van der Waals surface area contributed by atoms with Gasteiger partial charge in [-0.1, -0.05) is 30.3 Å². The van der Waals surface area contributed by atoms with Crippen molar-refractivity contribution in [3.8, 4) is 5.75 Å². The van der Waals surface area contributed by atoms with Gasteiger partial charge >= 0.3 is 0 Å². The number of carbonyl (C=O) groups excluding carboxylic acids is 2. The summed E-state index contributed by atoms with van der Waals surface area (Å²) in [7, 11) is 1.65. The van der Waals surface area contributed by atoms with Crippen LogP contribution in [0, 0.1) is 0 Å². The maximum atomic E-state index is 14.1. The third-order valence-corrected chi connectivity index (χ3v) is 8.13. The number of fused-ring (bicyclic) bond motifs is 5. The molecule has 0 radical (unpaired) electrons. The number of benzene rings is 2. The van der Waals surface area contributed by atoms with Crippen molar-refractivity contribution in [2.45, 2.75) is 18.4 Å². The van der Waals surface area contributed by atoms with E-state index in [0.717, 1.165) is 53.1 Å². The Kier molecular flexibility index (Phi) is 5.73. The van der Waals surface area contributed by atoms with E-state index in [4.69, 9.17) is 9.47 Å². The molecule has 1 N–H and O–H groups in total. The molecule has 0 unspecified atom stereocenters. The number of amides is 2. The number of hydrogen-bond acceptors (Lipinski definition) is 5. The van der Waals surface area contributed by atoms with Crippen LogP contribution in [0.1, 0.15) is 29.7 Å². The highest BCUT2D eigenvalue weighted by Gasteiger charge is 2.56. The standard InChI is InChI=1S/C28H32N4O4/c1-28-26-25(21-5-3-4-6-23(21)29-26)22(19-7-9-20(35-2)10-8-19)17-32(28)24(33)18-31(27(28)34)12-11-30-13-15-36-16-14-30/h3-10,22,29H,11-18H2,1-2H3/t22-,28+/m1/s1. The molecule has 8 heteroatoms. The Balaban J connectivity index is 1.41. The van der Waals surface area contributed by atoms with Gasteiger partial charge in [0.1, 0.15) is 5.75 Å².